The molecule has 0 bridgehead atoms. The molecule has 104 valence electrons. The van der Waals surface area contributed by atoms with Gasteiger partial charge in [0.2, 0.25) is 0 Å². The molecule has 0 aliphatic carbocycles. The Balaban J connectivity index is 4.11. The molecule has 0 amide bonds. The van der Waals surface area contributed by atoms with Gasteiger partial charge in [0.1, 0.15) is 0 Å². The number of hydrogen-bond donors (Lipinski definition) is 1. The predicted octanol–water partition coefficient (Wildman–Crippen LogP) is 4.44. The van der Waals surface area contributed by atoms with Crippen molar-refractivity contribution in [2.45, 2.75) is 52.0 Å². The quantitative estimate of drug-likeness (QED) is 0.622. The molecule has 1 N–H and O–H groups in total. The van der Waals surface area contributed by atoms with Crippen LogP contribution in [0.2, 0.25) is 0 Å². The van der Waals surface area contributed by atoms with E-state index in [1.54, 1.807) is 0 Å². The molecule has 0 aliphatic rings. The number of nitrogens with one attached hydrogen (secondary N) is 1. The molecule has 0 aromatic heterocycles. The van der Waals surface area contributed by atoms with E-state index < -0.39 is 5.51 Å². The topological polar surface area (TPSA) is 12.0 Å². The fourth-order valence-corrected chi connectivity index (χ4v) is 2.62. The molecule has 0 unspecified atom stereocenters. The maximum Gasteiger partial charge on any atom is 0.441 e. The SMILES string of the molecule is CCCNCC(CC)(CC)CCSC(F)(F)F. The highest BCUT2D eigenvalue weighted by Gasteiger charge is 2.31. The van der Waals surface area contributed by atoms with Crippen molar-refractivity contribution < 1.29 is 13.2 Å². The van der Waals surface area contributed by atoms with E-state index in [0.29, 0.717) is 6.42 Å². The van der Waals surface area contributed by atoms with Crippen molar-refractivity contribution in [3.8, 4) is 0 Å². The van der Waals surface area contributed by atoms with Crippen molar-refractivity contribution in [3.05, 3.63) is 0 Å². The summed E-state index contributed by atoms with van der Waals surface area (Å²) >= 11 is 0.103. The molecule has 5 heteroatoms. The predicted molar refractivity (Wildman–Crippen MR) is 69.3 cm³/mol. The van der Waals surface area contributed by atoms with Gasteiger partial charge in [-0.25, -0.2) is 0 Å². The lowest BCUT2D eigenvalue weighted by Crippen LogP contribution is -2.34. The standard InChI is InChI=1S/C12H24F3NS/c1-4-8-16-10-11(5-2,6-3)7-9-17-12(13,14)15/h16H,4-10H2,1-3H3. The van der Waals surface area contributed by atoms with Crippen LogP contribution in [0.1, 0.15) is 46.5 Å². The number of alkyl halides is 3. The summed E-state index contributed by atoms with van der Waals surface area (Å²) in [5.41, 5.74) is -4.07. The molecule has 0 rings (SSSR count). The van der Waals surface area contributed by atoms with E-state index in [1.165, 1.54) is 0 Å². The normalized spacial score (nSPS) is 13.1. The second-order valence-corrected chi connectivity index (χ2v) is 5.59. The third-order valence-electron chi connectivity index (χ3n) is 3.32. The van der Waals surface area contributed by atoms with Gasteiger partial charge < -0.3 is 5.32 Å². The zero-order chi connectivity index (χ0) is 13.4. The van der Waals surface area contributed by atoms with Gasteiger partial charge in [0.05, 0.1) is 0 Å². The number of thioether (sulfide) groups is 1. The van der Waals surface area contributed by atoms with Gasteiger partial charge in [-0.15, -0.1) is 0 Å². The van der Waals surface area contributed by atoms with E-state index in [4.69, 9.17) is 0 Å². The number of rotatable bonds is 9. The zero-order valence-corrected chi connectivity index (χ0v) is 11.8. The van der Waals surface area contributed by atoms with Crippen molar-refractivity contribution in [2.24, 2.45) is 5.41 Å². The van der Waals surface area contributed by atoms with Crippen molar-refractivity contribution >= 4 is 11.8 Å². The van der Waals surface area contributed by atoms with Gasteiger partial charge >= 0.3 is 5.51 Å². The minimum Gasteiger partial charge on any atom is -0.316 e. The third-order valence-corrected chi connectivity index (χ3v) is 4.06. The largest absolute Gasteiger partial charge is 0.441 e. The van der Waals surface area contributed by atoms with Crippen molar-refractivity contribution in [1.29, 1.82) is 0 Å². The summed E-state index contributed by atoms with van der Waals surface area (Å²) in [5, 5.41) is 3.33. The monoisotopic (exact) mass is 271 g/mol. The molecule has 0 radical (unpaired) electrons. The van der Waals surface area contributed by atoms with E-state index >= 15 is 0 Å². The summed E-state index contributed by atoms with van der Waals surface area (Å²) in [4.78, 5) is 0. The van der Waals surface area contributed by atoms with Gasteiger partial charge in [0, 0.05) is 12.3 Å². The smallest absolute Gasteiger partial charge is 0.316 e. The van der Waals surface area contributed by atoms with Crippen LogP contribution >= 0.6 is 11.8 Å². The first-order valence-corrected chi connectivity index (χ1v) is 7.29. The first kappa shape index (κ1) is 17.1. The highest BCUT2D eigenvalue weighted by molar-refractivity contribution is 8.00. The molecule has 0 aromatic carbocycles. The Kier molecular flexibility index (Phi) is 8.29. The summed E-state index contributed by atoms with van der Waals surface area (Å²) in [6, 6.07) is 0. The van der Waals surface area contributed by atoms with Crippen LogP contribution in [0, 0.1) is 5.41 Å². The Morgan fingerprint density at radius 3 is 2.06 bits per heavy atom. The summed E-state index contributed by atoms with van der Waals surface area (Å²) in [7, 11) is 0. The van der Waals surface area contributed by atoms with Gasteiger partial charge in [0.25, 0.3) is 0 Å². The van der Waals surface area contributed by atoms with E-state index in [-0.39, 0.29) is 22.9 Å². The van der Waals surface area contributed by atoms with Gasteiger partial charge in [0.15, 0.2) is 0 Å². The molecule has 0 saturated heterocycles. The van der Waals surface area contributed by atoms with Crippen molar-refractivity contribution in [2.75, 3.05) is 18.8 Å². The van der Waals surface area contributed by atoms with Crippen molar-refractivity contribution in [3.63, 3.8) is 0 Å². The first-order valence-electron chi connectivity index (χ1n) is 6.30. The van der Waals surface area contributed by atoms with E-state index in [1.807, 2.05) is 0 Å². The third kappa shape index (κ3) is 7.92. The van der Waals surface area contributed by atoms with E-state index in [9.17, 15) is 13.2 Å². The fourth-order valence-electron chi connectivity index (χ4n) is 1.86. The highest BCUT2D eigenvalue weighted by atomic mass is 32.2. The van der Waals surface area contributed by atoms with Crippen LogP contribution in [-0.4, -0.2) is 24.4 Å². The number of hydrogen-bond acceptors (Lipinski definition) is 2. The van der Waals surface area contributed by atoms with Crippen LogP contribution in [0.3, 0.4) is 0 Å². The van der Waals surface area contributed by atoms with Crippen LogP contribution < -0.4 is 5.32 Å². The summed E-state index contributed by atoms with van der Waals surface area (Å²) in [6.07, 6.45) is 3.54. The van der Waals surface area contributed by atoms with Gasteiger partial charge in [-0.2, -0.15) is 13.2 Å². The lowest BCUT2D eigenvalue weighted by atomic mass is 9.80. The second kappa shape index (κ2) is 8.25. The Morgan fingerprint density at radius 2 is 1.65 bits per heavy atom. The van der Waals surface area contributed by atoms with Crippen LogP contribution in [0.4, 0.5) is 13.2 Å². The Morgan fingerprint density at radius 1 is 1.06 bits per heavy atom. The van der Waals surface area contributed by atoms with Gasteiger partial charge in [-0.1, -0.05) is 32.5 Å². The highest BCUT2D eigenvalue weighted by Crippen LogP contribution is 2.36. The van der Waals surface area contributed by atoms with Crippen LogP contribution in [-0.2, 0) is 0 Å². The minimum absolute atomic E-state index is 0.0212. The van der Waals surface area contributed by atoms with E-state index in [0.717, 1.165) is 32.4 Å². The zero-order valence-electron chi connectivity index (χ0n) is 11.0. The first-order chi connectivity index (χ1) is 7.89. The average molecular weight is 271 g/mol. The molecular weight excluding hydrogens is 247 g/mol. The molecule has 0 aromatic rings. The Hall–Kier alpha value is 0.100. The second-order valence-electron chi connectivity index (χ2n) is 4.43. The molecule has 1 nitrogen and oxygen atoms in total. The Bertz CT molecular complexity index is 191. The van der Waals surface area contributed by atoms with Gasteiger partial charge in [-0.3, -0.25) is 0 Å². The molecule has 17 heavy (non-hydrogen) atoms. The molecule has 0 fully saturated rings. The minimum atomic E-state index is -4.09. The van der Waals surface area contributed by atoms with Gasteiger partial charge in [-0.05, 0) is 37.6 Å². The molecule has 0 aliphatic heterocycles. The molecule has 0 spiro atoms. The Labute approximate surface area is 107 Å². The lowest BCUT2D eigenvalue weighted by Gasteiger charge is -2.32. The molecule has 0 heterocycles. The lowest BCUT2D eigenvalue weighted by molar-refractivity contribution is -0.0329. The van der Waals surface area contributed by atoms with Crippen LogP contribution in [0.5, 0.6) is 0 Å². The number of halogens is 3. The van der Waals surface area contributed by atoms with Crippen molar-refractivity contribution in [1.82, 2.24) is 5.32 Å². The average Bonchev–Trinajstić information content (AvgIpc) is 2.26. The maximum absolute atomic E-state index is 12.1. The maximum atomic E-state index is 12.1. The molecular formula is C12H24F3NS. The van der Waals surface area contributed by atoms with Crippen LogP contribution in [0.15, 0.2) is 0 Å². The summed E-state index contributed by atoms with van der Waals surface area (Å²) in [6.45, 7) is 7.98. The fraction of sp³-hybridized carbons (Fsp3) is 1.00. The molecule has 0 atom stereocenters. The summed E-state index contributed by atoms with van der Waals surface area (Å²) < 4.78 is 36.3. The summed E-state index contributed by atoms with van der Waals surface area (Å²) in [5.74, 6) is 0.166. The molecule has 0 saturated carbocycles. The van der Waals surface area contributed by atoms with Crippen LogP contribution in [0.25, 0.3) is 0 Å². The van der Waals surface area contributed by atoms with E-state index in [2.05, 4.69) is 26.1 Å².